The molecule has 0 aliphatic carbocycles. The molecule has 2 aromatic heterocycles. The van der Waals surface area contributed by atoms with Gasteiger partial charge in [0.15, 0.2) is 0 Å². The van der Waals surface area contributed by atoms with E-state index < -0.39 is 0 Å². The van der Waals surface area contributed by atoms with Crippen LogP contribution >= 0.6 is 11.6 Å². The fraction of sp³-hybridized carbons (Fsp3) is 0.263. The van der Waals surface area contributed by atoms with Crippen molar-refractivity contribution >= 4 is 35.0 Å². The molecule has 8 heteroatoms. The van der Waals surface area contributed by atoms with E-state index in [-0.39, 0.29) is 0 Å². The minimum Gasteiger partial charge on any atom is -0.340 e. The summed E-state index contributed by atoms with van der Waals surface area (Å²) in [7, 11) is 0. The molecule has 7 nitrogen and oxygen atoms in total. The highest BCUT2D eigenvalue weighted by Gasteiger charge is 2.20. The maximum Gasteiger partial charge on any atom is 0.227 e. The molecule has 0 atom stereocenters. The SMILES string of the molecule is Cc1ccc(Cl)cc1Nc1ccnc(N2CCN(c3ncccn3)CC2)n1. The van der Waals surface area contributed by atoms with Gasteiger partial charge in [0, 0.05) is 55.5 Å². The molecule has 1 aliphatic rings. The Labute approximate surface area is 163 Å². The Kier molecular flexibility index (Phi) is 5.02. The van der Waals surface area contributed by atoms with Gasteiger partial charge in [0.25, 0.3) is 0 Å². The number of nitrogens with zero attached hydrogens (tertiary/aromatic N) is 6. The zero-order valence-electron chi connectivity index (χ0n) is 15.0. The molecule has 138 valence electrons. The third kappa shape index (κ3) is 4.09. The van der Waals surface area contributed by atoms with E-state index >= 15 is 0 Å². The number of aromatic nitrogens is 4. The maximum atomic E-state index is 6.10. The number of aryl methyl sites for hydroxylation is 1. The molecular weight excluding hydrogens is 362 g/mol. The minimum atomic E-state index is 0.691. The van der Waals surface area contributed by atoms with E-state index in [1.165, 1.54) is 0 Å². The molecule has 3 heterocycles. The number of nitrogens with one attached hydrogen (secondary N) is 1. The normalized spacial score (nSPS) is 14.3. The van der Waals surface area contributed by atoms with E-state index in [9.17, 15) is 0 Å². The van der Waals surface area contributed by atoms with E-state index in [0.717, 1.165) is 49.2 Å². The Balaban J connectivity index is 1.45. The van der Waals surface area contributed by atoms with Crippen LogP contribution in [0.25, 0.3) is 0 Å². The van der Waals surface area contributed by atoms with Crippen molar-refractivity contribution < 1.29 is 0 Å². The van der Waals surface area contributed by atoms with Crippen molar-refractivity contribution in [3.63, 3.8) is 0 Å². The van der Waals surface area contributed by atoms with Crippen molar-refractivity contribution in [2.75, 3.05) is 41.3 Å². The molecule has 1 aromatic carbocycles. The smallest absolute Gasteiger partial charge is 0.227 e. The van der Waals surface area contributed by atoms with Crippen LogP contribution in [-0.2, 0) is 0 Å². The van der Waals surface area contributed by atoms with Crippen LogP contribution in [0.15, 0.2) is 48.9 Å². The van der Waals surface area contributed by atoms with Crippen LogP contribution in [0.3, 0.4) is 0 Å². The van der Waals surface area contributed by atoms with Gasteiger partial charge in [-0.15, -0.1) is 0 Å². The molecule has 1 N–H and O–H groups in total. The molecule has 0 unspecified atom stereocenters. The maximum absolute atomic E-state index is 6.10. The fourth-order valence-electron chi connectivity index (χ4n) is 3.00. The number of rotatable bonds is 4. The zero-order valence-corrected chi connectivity index (χ0v) is 15.8. The standard InChI is InChI=1S/C19H20ClN7/c1-14-3-4-15(20)13-16(14)24-17-5-8-23-19(25-17)27-11-9-26(10-12-27)18-21-6-2-7-22-18/h2-8,13H,9-12H2,1H3,(H,23,24,25). The lowest BCUT2D eigenvalue weighted by Crippen LogP contribution is -2.47. The zero-order chi connectivity index (χ0) is 18.6. The van der Waals surface area contributed by atoms with Gasteiger partial charge in [0.05, 0.1) is 0 Å². The van der Waals surface area contributed by atoms with E-state index in [1.807, 2.05) is 37.3 Å². The van der Waals surface area contributed by atoms with E-state index in [2.05, 4.69) is 35.1 Å². The van der Waals surface area contributed by atoms with Crippen molar-refractivity contribution in [2.24, 2.45) is 0 Å². The van der Waals surface area contributed by atoms with Gasteiger partial charge in [-0.2, -0.15) is 4.98 Å². The molecule has 0 spiro atoms. The molecular formula is C19H20ClN7. The van der Waals surface area contributed by atoms with Crippen LogP contribution in [0.2, 0.25) is 5.02 Å². The first-order valence-corrected chi connectivity index (χ1v) is 9.20. The first-order valence-electron chi connectivity index (χ1n) is 8.82. The van der Waals surface area contributed by atoms with Crippen LogP contribution in [0.5, 0.6) is 0 Å². The number of piperazine rings is 1. The van der Waals surface area contributed by atoms with Gasteiger partial charge < -0.3 is 15.1 Å². The number of benzene rings is 1. The summed E-state index contributed by atoms with van der Waals surface area (Å²) in [5.41, 5.74) is 2.05. The van der Waals surface area contributed by atoms with Gasteiger partial charge in [-0.3, -0.25) is 0 Å². The highest BCUT2D eigenvalue weighted by Crippen LogP contribution is 2.24. The van der Waals surface area contributed by atoms with Gasteiger partial charge in [-0.1, -0.05) is 17.7 Å². The Morgan fingerprint density at radius 3 is 2.30 bits per heavy atom. The summed E-state index contributed by atoms with van der Waals surface area (Å²) in [6.07, 6.45) is 5.31. The molecule has 0 amide bonds. The van der Waals surface area contributed by atoms with Gasteiger partial charge in [-0.25, -0.2) is 15.0 Å². The van der Waals surface area contributed by atoms with Crippen LogP contribution < -0.4 is 15.1 Å². The van der Waals surface area contributed by atoms with E-state index in [1.54, 1.807) is 18.6 Å². The summed E-state index contributed by atoms with van der Waals surface area (Å²) in [5.74, 6) is 2.23. The summed E-state index contributed by atoms with van der Waals surface area (Å²) in [5, 5.41) is 4.03. The van der Waals surface area contributed by atoms with Crippen molar-refractivity contribution in [3.8, 4) is 0 Å². The van der Waals surface area contributed by atoms with Crippen LogP contribution in [-0.4, -0.2) is 46.1 Å². The summed E-state index contributed by atoms with van der Waals surface area (Å²) < 4.78 is 0. The Morgan fingerprint density at radius 1 is 0.889 bits per heavy atom. The number of hydrogen-bond donors (Lipinski definition) is 1. The molecule has 1 saturated heterocycles. The molecule has 0 saturated carbocycles. The van der Waals surface area contributed by atoms with Gasteiger partial charge in [-0.05, 0) is 36.8 Å². The molecule has 0 bridgehead atoms. The first kappa shape index (κ1) is 17.5. The van der Waals surface area contributed by atoms with Crippen LogP contribution in [0, 0.1) is 6.92 Å². The molecule has 0 radical (unpaired) electrons. The topological polar surface area (TPSA) is 70.1 Å². The Hall–Kier alpha value is -2.93. The highest BCUT2D eigenvalue weighted by atomic mass is 35.5. The van der Waals surface area contributed by atoms with Crippen molar-refractivity contribution in [3.05, 3.63) is 59.5 Å². The summed E-state index contributed by atoms with van der Waals surface area (Å²) in [6, 6.07) is 9.45. The highest BCUT2D eigenvalue weighted by molar-refractivity contribution is 6.30. The average Bonchev–Trinajstić information content (AvgIpc) is 2.72. The largest absolute Gasteiger partial charge is 0.340 e. The lowest BCUT2D eigenvalue weighted by Gasteiger charge is -2.34. The van der Waals surface area contributed by atoms with Crippen molar-refractivity contribution in [1.82, 2.24) is 19.9 Å². The fourth-order valence-corrected chi connectivity index (χ4v) is 3.17. The van der Waals surface area contributed by atoms with E-state index in [4.69, 9.17) is 11.6 Å². The molecule has 3 aromatic rings. The van der Waals surface area contributed by atoms with Crippen LogP contribution in [0.1, 0.15) is 5.56 Å². The second-order valence-electron chi connectivity index (χ2n) is 6.35. The summed E-state index contributed by atoms with van der Waals surface area (Å²) in [4.78, 5) is 22.1. The van der Waals surface area contributed by atoms with Gasteiger partial charge >= 0.3 is 0 Å². The van der Waals surface area contributed by atoms with Crippen molar-refractivity contribution in [1.29, 1.82) is 0 Å². The first-order chi connectivity index (χ1) is 13.2. The summed E-state index contributed by atoms with van der Waals surface area (Å²) in [6.45, 7) is 5.33. The molecule has 1 aliphatic heterocycles. The van der Waals surface area contributed by atoms with Crippen LogP contribution in [0.4, 0.5) is 23.4 Å². The number of anilines is 4. The second-order valence-corrected chi connectivity index (χ2v) is 6.79. The number of hydrogen-bond acceptors (Lipinski definition) is 7. The monoisotopic (exact) mass is 381 g/mol. The molecule has 1 fully saturated rings. The third-order valence-corrected chi connectivity index (χ3v) is 4.74. The minimum absolute atomic E-state index is 0.691. The van der Waals surface area contributed by atoms with Crippen molar-refractivity contribution in [2.45, 2.75) is 6.92 Å². The molecule has 4 rings (SSSR count). The molecule has 27 heavy (non-hydrogen) atoms. The third-order valence-electron chi connectivity index (χ3n) is 4.50. The predicted octanol–water partition coefficient (Wildman–Crippen LogP) is 3.30. The van der Waals surface area contributed by atoms with Gasteiger partial charge in [0.2, 0.25) is 11.9 Å². The Morgan fingerprint density at radius 2 is 1.56 bits per heavy atom. The lowest BCUT2D eigenvalue weighted by atomic mass is 10.2. The van der Waals surface area contributed by atoms with Gasteiger partial charge in [0.1, 0.15) is 5.82 Å². The second kappa shape index (κ2) is 7.75. The summed E-state index contributed by atoms with van der Waals surface area (Å²) >= 11 is 6.10. The number of halogens is 1. The Bertz CT molecular complexity index is 911. The quantitative estimate of drug-likeness (QED) is 0.743. The predicted molar refractivity (Wildman–Crippen MR) is 108 cm³/mol. The van der Waals surface area contributed by atoms with E-state index in [0.29, 0.717) is 11.0 Å². The lowest BCUT2D eigenvalue weighted by molar-refractivity contribution is 0.628. The average molecular weight is 382 g/mol.